The van der Waals surface area contributed by atoms with Gasteiger partial charge in [0.15, 0.2) is 0 Å². The minimum Gasteiger partial charge on any atom is -0.346 e. The molecule has 0 aliphatic carbocycles. The van der Waals surface area contributed by atoms with E-state index in [2.05, 4.69) is 16.0 Å². The standard InChI is InChI=1S/C20H24ClN3O2/c1-13(2)23-20(26)22-12-15-4-6-17(7-5-15)19(25)24-14(3)16-8-10-18(21)11-9-16/h4-11,13-14H,12H2,1-3H3,(H,24,25)(H2,22,23,26). The fourth-order valence-corrected chi connectivity index (χ4v) is 2.51. The summed E-state index contributed by atoms with van der Waals surface area (Å²) in [7, 11) is 0. The molecule has 5 nitrogen and oxygen atoms in total. The van der Waals surface area contributed by atoms with Gasteiger partial charge in [-0.1, -0.05) is 35.9 Å². The predicted molar refractivity (Wildman–Crippen MR) is 104 cm³/mol. The second-order valence-electron chi connectivity index (χ2n) is 6.43. The van der Waals surface area contributed by atoms with Gasteiger partial charge in [0.25, 0.3) is 5.91 Å². The molecule has 0 fully saturated rings. The largest absolute Gasteiger partial charge is 0.346 e. The fourth-order valence-electron chi connectivity index (χ4n) is 2.38. The average Bonchev–Trinajstić information content (AvgIpc) is 2.60. The SMILES string of the molecule is CC(C)NC(=O)NCc1ccc(C(=O)NC(C)c2ccc(Cl)cc2)cc1. The summed E-state index contributed by atoms with van der Waals surface area (Å²) in [5.74, 6) is -0.149. The Labute approximate surface area is 159 Å². The zero-order chi connectivity index (χ0) is 19.1. The summed E-state index contributed by atoms with van der Waals surface area (Å²) in [6.45, 7) is 6.13. The molecule has 1 atom stereocenters. The van der Waals surface area contributed by atoms with Crippen molar-refractivity contribution in [3.63, 3.8) is 0 Å². The third-order valence-corrected chi connectivity index (χ3v) is 4.06. The summed E-state index contributed by atoms with van der Waals surface area (Å²) in [6.07, 6.45) is 0. The van der Waals surface area contributed by atoms with Crippen LogP contribution in [0.4, 0.5) is 4.79 Å². The Hall–Kier alpha value is -2.53. The molecule has 0 aliphatic heterocycles. The molecule has 0 aromatic heterocycles. The third kappa shape index (κ3) is 6.08. The number of rotatable bonds is 6. The van der Waals surface area contributed by atoms with Gasteiger partial charge in [0.1, 0.15) is 0 Å². The van der Waals surface area contributed by atoms with Crippen LogP contribution in [-0.4, -0.2) is 18.0 Å². The molecule has 0 bridgehead atoms. The highest BCUT2D eigenvalue weighted by Crippen LogP contribution is 2.16. The first-order valence-corrected chi connectivity index (χ1v) is 8.92. The Morgan fingerprint density at radius 1 is 0.923 bits per heavy atom. The van der Waals surface area contributed by atoms with Crippen LogP contribution in [0, 0.1) is 0 Å². The second-order valence-corrected chi connectivity index (χ2v) is 6.86. The van der Waals surface area contributed by atoms with E-state index in [4.69, 9.17) is 11.6 Å². The third-order valence-electron chi connectivity index (χ3n) is 3.81. The highest BCUT2D eigenvalue weighted by atomic mass is 35.5. The van der Waals surface area contributed by atoms with Gasteiger partial charge in [-0.15, -0.1) is 0 Å². The zero-order valence-corrected chi connectivity index (χ0v) is 15.9. The van der Waals surface area contributed by atoms with Crippen molar-refractivity contribution in [3.05, 3.63) is 70.2 Å². The van der Waals surface area contributed by atoms with E-state index in [1.165, 1.54) is 0 Å². The lowest BCUT2D eigenvalue weighted by molar-refractivity contribution is 0.0940. The van der Waals surface area contributed by atoms with E-state index in [-0.39, 0.29) is 24.0 Å². The predicted octanol–water partition coefficient (Wildman–Crippen LogP) is 4.04. The summed E-state index contributed by atoms with van der Waals surface area (Å²) in [6, 6.07) is 14.3. The van der Waals surface area contributed by atoms with E-state index < -0.39 is 0 Å². The number of halogens is 1. The lowest BCUT2D eigenvalue weighted by Gasteiger charge is -2.15. The maximum Gasteiger partial charge on any atom is 0.315 e. The first kappa shape index (κ1) is 19.8. The molecule has 6 heteroatoms. The Kier molecular flexibility index (Phi) is 7.04. The average molecular weight is 374 g/mol. The summed E-state index contributed by atoms with van der Waals surface area (Å²) in [5.41, 5.74) is 2.48. The van der Waals surface area contributed by atoms with Crippen LogP contribution in [0.2, 0.25) is 5.02 Å². The van der Waals surface area contributed by atoms with Crippen LogP contribution in [0.3, 0.4) is 0 Å². The van der Waals surface area contributed by atoms with Gasteiger partial charge in [-0.05, 0) is 56.2 Å². The van der Waals surface area contributed by atoms with Crippen molar-refractivity contribution in [3.8, 4) is 0 Å². The van der Waals surface area contributed by atoms with Crippen molar-refractivity contribution in [1.82, 2.24) is 16.0 Å². The number of benzene rings is 2. The van der Waals surface area contributed by atoms with E-state index in [1.807, 2.05) is 45.0 Å². The van der Waals surface area contributed by atoms with Crippen LogP contribution < -0.4 is 16.0 Å². The smallest absolute Gasteiger partial charge is 0.315 e. The molecule has 3 N–H and O–H groups in total. The van der Waals surface area contributed by atoms with Gasteiger partial charge < -0.3 is 16.0 Å². The second kappa shape index (κ2) is 9.25. The molecule has 3 amide bonds. The number of hydrogen-bond donors (Lipinski definition) is 3. The van der Waals surface area contributed by atoms with Gasteiger partial charge in [0, 0.05) is 23.2 Å². The maximum absolute atomic E-state index is 12.4. The number of hydrogen-bond acceptors (Lipinski definition) is 2. The van der Waals surface area contributed by atoms with Crippen LogP contribution in [0.1, 0.15) is 48.3 Å². The minimum absolute atomic E-state index is 0.0868. The van der Waals surface area contributed by atoms with Crippen LogP contribution in [0.5, 0.6) is 0 Å². The van der Waals surface area contributed by atoms with Gasteiger partial charge >= 0.3 is 6.03 Å². The highest BCUT2D eigenvalue weighted by Gasteiger charge is 2.11. The first-order valence-electron chi connectivity index (χ1n) is 8.55. The van der Waals surface area contributed by atoms with E-state index in [0.29, 0.717) is 17.1 Å². The van der Waals surface area contributed by atoms with Crippen LogP contribution >= 0.6 is 11.6 Å². The van der Waals surface area contributed by atoms with E-state index in [9.17, 15) is 9.59 Å². The van der Waals surface area contributed by atoms with Crippen molar-refractivity contribution >= 4 is 23.5 Å². The summed E-state index contributed by atoms with van der Waals surface area (Å²) >= 11 is 5.89. The van der Waals surface area contributed by atoms with Gasteiger partial charge in [-0.2, -0.15) is 0 Å². The van der Waals surface area contributed by atoms with Crippen molar-refractivity contribution in [2.24, 2.45) is 0 Å². The molecule has 0 spiro atoms. The van der Waals surface area contributed by atoms with E-state index in [0.717, 1.165) is 11.1 Å². The normalized spacial score (nSPS) is 11.7. The Balaban J connectivity index is 1.89. The van der Waals surface area contributed by atoms with Crippen molar-refractivity contribution in [1.29, 1.82) is 0 Å². The topological polar surface area (TPSA) is 70.2 Å². The van der Waals surface area contributed by atoms with Crippen LogP contribution in [0.25, 0.3) is 0 Å². The summed E-state index contributed by atoms with van der Waals surface area (Å²) < 4.78 is 0. The van der Waals surface area contributed by atoms with Gasteiger partial charge in [-0.3, -0.25) is 4.79 Å². The van der Waals surface area contributed by atoms with Gasteiger partial charge in [0.05, 0.1) is 6.04 Å². The molecule has 0 aliphatic rings. The van der Waals surface area contributed by atoms with E-state index in [1.54, 1.807) is 24.3 Å². The molecule has 2 rings (SSSR count). The Morgan fingerprint density at radius 3 is 2.12 bits per heavy atom. The van der Waals surface area contributed by atoms with Gasteiger partial charge in [0.2, 0.25) is 0 Å². The lowest BCUT2D eigenvalue weighted by Crippen LogP contribution is -2.39. The van der Waals surface area contributed by atoms with Crippen molar-refractivity contribution in [2.75, 3.05) is 0 Å². The Bertz CT molecular complexity index is 743. The van der Waals surface area contributed by atoms with Gasteiger partial charge in [-0.25, -0.2) is 4.79 Å². The molecule has 0 heterocycles. The van der Waals surface area contributed by atoms with Crippen LogP contribution in [0.15, 0.2) is 48.5 Å². The number of urea groups is 1. The minimum atomic E-state index is -0.210. The molecule has 2 aromatic carbocycles. The first-order chi connectivity index (χ1) is 12.3. The molecule has 2 aromatic rings. The summed E-state index contributed by atoms with van der Waals surface area (Å²) in [4.78, 5) is 24.0. The number of carbonyl (C=O) groups is 2. The van der Waals surface area contributed by atoms with Crippen molar-refractivity contribution in [2.45, 2.75) is 39.4 Å². The number of amides is 3. The number of nitrogens with one attached hydrogen (secondary N) is 3. The molecule has 1 unspecified atom stereocenters. The molecule has 0 saturated heterocycles. The molecule has 26 heavy (non-hydrogen) atoms. The highest BCUT2D eigenvalue weighted by molar-refractivity contribution is 6.30. The maximum atomic E-state index is 12.4. The summed E-state index contributed by atoms with van der Waals surface area (Å²) in [5, 5.41) is 9.16. The Morgan fingerprint density at radius 2 is 1.54 bits per heavy atom. The van der Waals surface area contributed by atoms with Crippen molar-refractivity contribution < 1.29 is 9.59 Å². The zero-order valence-electron chi connectivity index (χ0n) is 15.2. The van der Waals surface area contributed by atoms with E-state index >= 15 is 0 Å². The molecule has 138 valence electrons. The quantitative estimate of drug-likeness (QED) is 0.715. The molecular weight excluding hydrogens is 350 g/mol. The van der Waals surface area contributed by atoms with Crippen LogP contribution in [-0.2, 0) is 6.54 Å². The molecule has 0 radical (unpaired) electrons. The monoisotopic (exact) mass is 373 g/mol. The molecular formula is C20H24ClN3O2. The number of carbonyl (C=O) groups excluding carboxylic acids is 2. The lowest BCUT2D eigenvalue weighted by atomic mass is 10.1. The fraction of sp³-hybridized carbons (Fsp3) is 0.300. The molecule has 0 saturated carbocycles.